The summed E-state index contributed by atoms with van der Waals surface area (Å²) in [5.41, 5.74) is 3.12. The van der Waals surface area contributed by atoms with Crippen LogP contribution in [0.3, 0.4) is 0 Å². The van der Waals surface area contributed by atoms with Gasteiger partial charge in [-0.2, -0.15) is 0 Å². The molecule has 3 aromatic rings. The largest absolute Gasteiger partial charge is 0.461 e. The van der Waals surface area contributed by atoms with Crippen molar-refractivity contribution in [2.75, 3.05) is 7.11 Å². The van der Waals surface area contributed by atoms with Gasteiger partial charge in [0.05, 0.1) is 10.9 Å². The fourth-order valence-electron chi connectivity index (χ4n) is 3.90. The molecule has 2 atom stereocenters. The van der Waals surface area contributed by atoms with Gasteiger partial charge in [0.15, 0.2) is 0 Å². The fraction of sp³-hybridized carbons (Fsp3) is 0.375. The molecule has 0 radical (unpaired) electrons. The van der Waals surface area contributed by atoms with E-state index in [1.807, 2.05) is 25.1 Å². The van der Waals surface area contributed by atoms with Gasteiger partial charge in [-0.05, 0) is 28.7 Å². The van der Waals surface area contributed by atoms with Crippen LogP contribution in [0.25, 0.3) is 11.0 Å². The molecule has 0 aliphatic carbocycles. The third kappa shape index (κ3) is 3.12. The smallest absolute Gasteiger partial charge is 0.343 e. The van der Waals surface area contributed by atoms with Gasteiger partial charge in [-0.3, -0.25) is 0 Å². The van der Waals surface area contributed by atoms with Gasteiger partial charge in [0, 0.05) is 26.4 Å². The Kier molecular flexibility index (Phi) is 4.35. The molecule has 4 heteroatoms. The third-order valence-electron chi connectivity index (χ3n) is 5.65. The van der Waals surface area contributed by atoms with Crippen LogP contribution in [0.5, 0.6) is 5.75 Å². The van der Waals surface area contributed by atoms with E-state index in [1.54, 1.807) is 13.2 Å². The zero-order valence-electron chi connectivity index (χ0n) is 17.0. The molecule has 1 aliphatic heterocycles. The number of methoxy groups -OCH3 is 1. The summed E-state index contributed by atoms with van der Waals surface area (Å²) in [6.45, 7) is 8.48. The maximum Gasteiger partial charge on any atom is 0.343 e. The molecule has 0 spiro atoms. The summed E-state index contributed by atoms with van der Waals surface area (Å²) in [6, 6.07) is 15.9. The molecule has 28 heavy (non-hydrogen) atoms. The van der Waals surface area contributed by atoms with Crippen molar-refractivity contribution < 1.29 is 13.9 Å². The van der Waals surface area contributed by atoms with E-state index in [9.17, 15) is 4.79 Å². The SMILES string of the molecule is COC1(C)CC(c2ccc(C(C)(C)C)cc2)c2c(c3ccccc3oc2=O)O1. The molecule has 1 aliphatic rings. The number of para-hydroxylation sites is 1. The second-order valence-electron chi connectivity index (χ2n) is 8.70. The first-order chi connectivity index (χ1) is 13.2. The van der Waals surface area contributed by atoms with Crippen LogP contribution in [-0.2, 0) is 10.2 Å². The van der Waals surface area contributed by atoms with Crippen LogP contribution in [0.2, 0.25) is 0 Å². The zero-order valence-corrected chi connectivity index (χ0v) is 17.0. The lowest BCUT2D eigenvalue weighted by atomic mass is 9.81. The molecule has 4 nitrogen and oxygen atoms in total. The minimum atomic E-state index is -0.822. The number of hydrogen-bond donors (Lipinski definition) is 0. The van der Waals surface area contributed by atoms with E-state index in [2.05, 4.69) is 45.0 Å². The van der Waals surface area contributed by atoms with Crippen LogP contribution in [0.1, 0.15) is 56.7 Å². The number of benzene rings is 2. The van der Waals surface area contributed by atoms with Crippen molar-refractivity contribution >= 4 is 11.0 Å². The van der Waals surface area contributed by atoms with Crippen molar-refractivity contribution in [2.45, 2.75) is 51.2 Å². The van der Waals surface area contributed by atoms with Crippen molar-refractivity contribution in [2.24, 2.45) is 0 Å². The summed E-state index contributed by atoms with van der Waals surface area (Å²) in [6.07, 6.45) is 0.536. The van der Waals surface area contributed by atoms with E-state index in [4.69, 9.17) is 13.9 Å². The summed E-state index contributed by atoms with van der Waals surface area (Å²) >= 11 is 0. The van der Waals surface area contributed by atoms with E-state index in [1.165, 1.54) is 5.56 Å². The number of hydrogen-bond acceptors (Lipinski definition) is 4. The highest BCUT2D eigenvalue weighted by Crippen LogP contribution is 2.46. The Morgan fingerprint density at radius 1 is 1.07 bits per heavy atom. The van der Waals surface area contributed by atoms with Gasteiger partial charge in [0.1, 0.15) is 11.3 Å². The van der Waals surface area contributed by atoms with E-state index >= 15 is 0 Å². The zero-order chi connectivity index (χ0) is 20.1. The van der Waals surface area contributed by atoms with Gasteiger partial charge in [-0.15, -0.1) is 0 Å². The molecule has 4 rings (SSSR count). The van der Waals surface area contributed by atoms with Crippen molar-refractivity contribution in [1.82, 2.24) is 0 Å². The number of ether oxygens (including phenoxy) is 2. The predicted octanol–water partition coefficient (Wildman–Crippen LogP) is 5.37. The highest BCUT2D eigenvalue weighted by atomic mass is 16.7. The Morgan fingerprint density at radius 2 is 1.75 bits per heavy atom. The molecule has 1 aromatic heterocycles. The second-order valence-corrected chi connectivity index (χ2v) is 8.70. The fourth-order valence-corrected chi connectivity index (χ4v) is 3.90. The van der Waals surface area contributed by atoms with Crippen LogP contribution in [0, 0.1) is 0 Å². The summed E-state index contributed by atoms with van der Waals surface area (Å²) in [4.78, 5) is 12.9. The first-order valence-corrected chi connectivity index (χ1v) is 9.62. The minimum Gasteiger partial charge on any atom is -0.461 e. The van der Waals surface area contributed by atoms with Crippen molar-refractivity contribution in [3.8, 4) is 5.75 Å². The third-order valence-corrected chi connectivity index (χ3v) is 5.65. The van der Waals surface area contributed by atoms with Crippen LogP contribution in [0.4, 0.5) is 0 Å². The molecule has 2 unspecified atom stereocenters. The van der Waals surface area contributed by atoms with E-state index in [0.717, 1.165) is 10.9 Å². The lowest BCUT2D eigenvalue weighted by Crippen LogP contribution is -2.41. The molecule has 2 heterocycles. The maximum atomic E-state index is 12.9. The Balaban J connectivity index is 1.92. The van der Waals surface area contributed by atoms with Gasteiger partial charge in [0.2, 0.25) is 5.79 Å². The van der Waals surface area contributed by atoms with E-state index in [-0.39, 0.29) is 17.0 Å². The molecule has 0 saturated heterocycles. The standard InChI is InChI=1S/C24H26O4/c1-23(2,3)16-12-10-15(11-13-16)18-14-24(4,26-5)28-21-17-8-6-7-9-19(17)27-22(25)20(18)21/h6-13,18H,14H2,1-5H3. The maximum absolute atomic E-state index is 12.9. The Labute approximate surface area is 165 Å². The minimum absolute atomic E-state index is 0.0718. The molecule has 0 bridgehead atoms. The van der Waals surface area contributed by atoms with Gasteiger partial charge < -0.3 is 13.9 Å². The lowest BCUT2D eigenvalue weighted by Gasteiger charge is -2.38. The molecule has 2 aromatic carbocycles. The molecular formula is C24H26O4. The molecule has 0 fully saturated rings. The van der Waals surface area contributed by atoms with Crippen LogP contribution in [-0.4, -0.2) is 12.9 Å². The quantitative estimate of drug-likeness (QED) is 0.563. The molecule has 0 amide bonds. The second kappa shape index (κ2) is 6.49. The topological polar surface area (TPSA) is 48.7 Å². The number of fused-ring (bicyclic) bond motifs is 3. The van der Waals surface area contributed by atoms with Gasteiger partial charge in [-0.1, -0.05) is 57.2 Å². The summed E-state index contributed by atoms with van der Waals surface area (Å²) < 4.78 is 17.5. The summed E-state index contributed by atoms with van der Waals surface area (Å²) in [5, 5.41) is 0.788. The van der Waals surface area contributed by atoms with Crippen LogP contribution < -0.4 is 10.4 Å². The highest BCUT2D eigenvalue weighted by molar-refractivity contribution is 5.85. The van der Waals surface area contributed by atoms with Gasteiger partial charge in [0.25, 0.3) is 0 Å². The average Bonchev–Trinajstić information content (AvgIpc) is 2.67. The van der Waals surface area contributed by atoms with Crippen LogP contribution in [0.15, 0.2) is 57.7 Å². The average molecular weight is 378 g/mol. The van der Waals surface area contributed by atoms with Crippen molar-refractivity contribution in [1.29, 1.82) is 0 Å². The summed E-state index contributed by atoms with van der Waals surface area (Å²) in [7, 11) is 1.64. The first kappa shape index (κ1) is 18.8. The summed E-state index contributed by atoms with van der Waals surface area (Å²) in [5.74, 6) is -0.423. The van der Waals surface area contributed by atoms with Crippen molar-refractivity contribution in [3.63, 3.8) is 0 Å². The van der Waals surface area contributed by atoms with E-state index < -0.39 is 5.79 Å². The Morgan fingerprint density at radius 3 is 2.39 bits per heavy atom. The molecule has 0 saturated carbocycles. The van der Waals surface area contributed by atoms with Gasteiger partial charge in [-0.25, -0.2) is 4.79 Å². The lowest BCUT2D eigenvalue weighted by molar-refractivity contribution is -0.163. The highest BCUT2D eigenvalue weighted by Gasteiger charge is 2.41. The number of rotatable bonds is 2. The monoisotopic (exact) mass is 378 g/mol. The van der Waals surface area contributed by atoms with Crippen LogP contribution >= 0.6 is 0 Å². The van der Waals surface area contributed by atoms with Crippen molar-refractivity contribution in [3.05, 3.63) is 75.6 Å². The molecule has 0 N–H and O–H groups in total. The van der Waals surface area contributed by atoms with E-state index in [0.29, 0.717) is 23.3 Å². The predicted molar refractivity (Wildman–Crippen MR) is 110 cm³/mol. The molecular weight excluding hydrogens is 352 g/mol. The Bertz CT molecular complexity index is 1070. The van der Waals surface area contributed by atoms with Gasteiger partial charge >= 0.3 is 5.63 Å². The normalized spacial score (nSPS) is 22.0. The Hall–Kier alpha value is -2.59. The first-order valence-electron chi connectivity index (χ1n) is 9.62. The molecule has 146 valence electrons.